The minimum atomic E-state index is -3.83. The first-order valence-electron chi connectivity index (χ1n) is 8.41. The van der Waals surface area contributed by atoms with Gasteiger partial charge in [-0.2, -0.15) is 4.31 Å². The lowest BCUT2D eigenvalue weighted by Gasteiger charge is -2.32. The smallest absolute Gasteiger partial charge is 0.246 e. The van der Waals surface area contributed by atoms with Crippen LogP contribution in [0.1, 0.15) is 12.8 Å². The minimum absolute atomic E-state index is 0.0869. The third-order valence-electron chi connectivity index (χ3n) is 4.58. The van der Waals surface area contributed by atoms with Crippen LogP contribution in [0.4, 0.5) is 14.6 Å². The van der Waals surface area contributed by atoms with Gasteiger partial charge in [0.05, 0.1) is 6.20 Å². The van der Waals surface area contributed by atoms with E-state index in [0.717, 1.165) is 11.1 Å². The number of hydrogen-bond acceptors (Lipinski definition) is 5. The molecule has 2 aromatic rings. The molecule has 150 valence electrons. The van der Waals surface area contributed by atoms with Crippen LogP contribution in [0.15, 0.2) is 35.5 Å². The Hall–Kier alpha value is -2.17. The summed E-state index contributed by atoms with van der Waals surface area (Å²) in [6.45, 7) is 0.217. The largest absolute Gasteiger partial charge is 0.297 e. The van der Waals surface area contributed by atoms with E-state index in [2.05, 4.69) is 9.97 Å². The summed E-state index contributed by atoms with van der Waals surface area (Å²) in [6, 6.07) is 3.51. The molecule has 1 aliphatic rings. The number of rotatable bonds is 4. The number of hydrogen-bond donors (Lipinski definition) is 0. The van der Waals surface area contributed by atoms with Gasteiger partial charge in [-0.25, -0.2) is 27.2 Å². The molecule has 0 atom stereocenters. The first kappa shape index (κ1) is 20.6. The first-order valence-corrected chi connectivity index (χ1v) is 10.2. The molecule has 0 unspecified atom stereocenters. The molecule has 0 aliphatic carbocycles. The van der Waals surface area contributed by atoms with Crippen molar-refractivity contribution in [1.82, 2.24) is 14.3 Å². The number of nitrogens with zero attached hydrogens (tertiary/aromatic N) is 4. The molecule has 1 saturated heterocycles. The molecule has 0 bridgehead atoms. The molecule has 1 aliphatic heterocycles. The highest BCUT2D eigenvalue weighted by Gasteiger charge is 2.35. The molecule has 7 nitrogen and oxygen atoms in total. The van der Waals surface area contributed by atoms with Gasteiger partial charge in [-0.05, 0) is 25.0 Å². The van der Waals surface area contributed by atoms with Crippen LogP contribution in [-0.2, 0) is 14.8 Å². The second-order valence-corrected chi connectivity index (χ2v) is 8.59. The van der Waals surface area contributed by atoms with E-state index in [-0.39, 0.29) is 41.8 Å². The van der Waals surface area contributed by atoms with Crippen LogP contribution >= 0.6 is 11.6 Å². The van der Waals surface area contributed by atoms with Crippen molar-refractivity contribution >= 4 is 33.3 Å². The standard InChI is InChI=1S/C17H17ClF2N4O3S/c1-23(16-13(20)9-12(19)10-22-16)17(25)11-4-7-24(8-5-11)28(26,27)14-3-2-6-21-15(14)18/h2-3,6,9-11H,4-5,7-8H2,1H3. The van der Waals surface area contributed by atoms with Gasteiger partial charge in [0.15, 0.2) is 11.6 Å². The Morgan fingerprint density at radius 3 is 2.57 bits per heavy atom. The molecular weight excluding hydrogens is 414 g/mol. The third-order valence-corrected chi connectivity index (χ3v) is 6.93. The second-order valence-electron chi connectivity index (χ2n) is 6.33. The number of aromatic nitrogens is 2. The van der Waals surface area contributed by atoms with Gasteiger partial charge in [0.25, 0.3) is 0 Å². The van der Waals surface area contributed by atoms with Gasteiger partial charge in [-0.1, -0.05) is 11.6 Å². The predicted octanol–water partition coefficient (Wildman–Crippen LogP) is 2.47. The van der Waals surface area contributed by atoms with E-state index in [1.54, 1.807) is 0 Å². The Bertz CT molecular complexity index is 998. The number of sulfonamides is 1. The van der Waals surface area contributed by atoms with Crippen molar-refractivity contribution < 1.29 is 22.0 Å². The van der Waals surface area contributed by atoms with Crippen LogP contribution in [0.5, 0.6) is 0 Å². The fraction of sp³-hybridized carbons (Fsp3) is 0.353. The molecule has 11 heteroatoms. The van der Waals surface area contributed by atoms with Crippen LogP contribution in [-0.4, -0.2) is 48.7 Å². The van der Waals surface area contributed by atoms with Crippen molar-refractivity contribution in [2.24, 2.45) is 5.92 Å². The summed E-state index contributed by atoms with van der Waals surface area (Å²) in [7, 11) is -2.47. The fourth-order valence-electron chi connectivity index (χ4n) is 3.08. The van der Waals surface area contributed by atoms with E-state index in [1.165, 1.54) is 29.7 Å². The quantitative estimate of drug-likeness (QED) is 0.696. The van der Waals surface area contributed by atoms with Gasteiger partial charge in [0.1, 0.15) is 15.9 Å². The van der Waals surface area contributed by atoms with Crippen LogP contribution < -0.4 is 4.90 Å². The molecule has 28 heavy (non-hydrogen) atoms. The maximum Gasteiger partial charge on any atom is 0.246 e. The molecule has 2 aromatic heterocycles. The average molecular weight is 431 g/mol. The molecule has 0 radical (unpaired) electrons. The van der Waals surface area contributed by atoms with E-state index in [9.17, 15) is 22.0 Å². The summed E-state index contributed by atoms with van der Waals surface area (Å²) < 4.78 is 53.6. The Labute approximate surface area is 166 Å². The molecular formula is C17H17ClF2N4O3S. The number of amides is 1. The highest BCUT2D eigenvalue weighted by atomic mass is 35.5. The van der Waals surface area contributed by atoms with E-state index in [0.29, 0.717) is 6.07 Å². The molecule has 0 N–H and O–H groups in total. The van der Waals surface area contributed by atoms with E-state index >= 15 is 0 Å². The third kappa shape index (κ3) is 3.98. The minimum Gasteiger partial charge on any atom is -0.297 e. The zero-order valence-electron chi connectivity index (χ0n) is 14.8. The lowest BCUT2D eigenvalue weighted by molar-refractivity contribution is -0.123. The SMILES string of the molecule is CN(C(=O)C1CCN(S(=O)(=O)c2cccnc2Cl)CC1)c1ncc(F)cc1F. The van der Waals surface area contributed by atoms with Crippen LogP contribution in [0.3, 0.4) is 0 Å². The van der Waals surface area contributed by atoms with Gasteiger partial charge >= 0.3 is 0 Å². The summed E-state index contributed by atoms with van der Waals surface area (Å²) in [5, 5.41) is -0.113. The fourth-order valence-corrected chi connectivity index (χ4v) is 4.98. The number of halogens is 3. The maximum atomic E-state index is 13.9. The van der Waals surface area contributed by atoms with E-state index in [4.69, 9.17) is 11.6 Å². The second kappa shape index (κ2) is 8.06. The lowest BCUT2D eigenvalue weighted by atomic mass is 9.96. The van der Waals surface area contributed by atoms with E-state index in [1.807, 2.05) is 0 Å². The normalized spacial score (nSPS) is 16.1. The van der Waals surface area contributed by atoms with Crippen LogP contribution in [0.2, 0.25) is 5.15 Å². The summed E-state index contributed by atoms with van der Waals surface area (Å²) in [5.74, 6) is -2.97. The van der Waals surface area contributed by atoms with Crippen LogP contribution in [0, 0.1) is 17.6 Å². The zero-order valence-corrected chi connectivity index (χ0v) is 16.4. The molecule has 0 aromatic carbocycles. The monoisotopic (exact) mass is 430 g/mol. The van der Waals surface area contributed by atoms with Crippen molar-refractivity contribution in [3.05, 3.63) is 47.4 Å². The number of anilines is 1. The van der Waals surface area contributed by atoms with Crippen molar-refractivity contribution in [1.29, 1.82) is 0 Å². The first-order chi connectivity index (χ1) is 13.2. The Balaban J connectivity index is 1.69. The molecule has 1 amide bonds. The molecule has 3 rings (SSSR count). The Kier molecular flexibility index (Phi) is 5.92. The highest BCUT2D eigenvalue weighted by Crippen LogP contribution is 2.28. The molecule has 0 spiro atoms. The van der Waals surface area contributed by atoms with Crippen LogP contribution in [0.25, 0.3) is 0 Å². The van der Waals surface area contributed by atoms with Crippen molar-refractivity contribution in [3.8, 4) is 0 Å². The van der Waals surface area contributed by atoms with E-state index < -0.39 is 33.5 Å². The molecule has 0 saturated carbocycles. The summed E-state index contributed by atoms with van der Waals surface area (Å²) in [5.41, 5.74) is 0. The predicted molar refractivity (Wildman–Crippen MR) is 98.3 cm³/mol. The summed E-state index contributed by atoms with van der Waals surface area (Å²) in [6.07, 6.45) is 2.73. The zero-order chi connectivity index (χ0) is 20.5. The topological polar surface area (TPSA) is 83.5 Å². The number of carbonyl (C=O) groups excluding carboxylic acids is 1. The highest BCUT2D eigenvalue weighted by molar-refractivity contribution is 7.89. The maximum absolute atomic E-state index is 13.9. The van der Waals surface area contributed by atoms with Gasteiger partial charge in [0.2, 0.25) is 15.9 Å². The Morgan fingerprint density at radius 1 is 1.29 bits per heavy atom. The van der Waals surface area contributed by atoms with Gasteiger partial charge in [-0.15, -0.1) is 0 Å². The summed E-state index contributed by atoms with van der Waals surface area (Å²) >= 11 is 5.90. The van der Waals surface area contributed by atoms with Gasteiger partial charge < -0.3 is 0 Å². The van der Waals surface area contributed by atoms with Crippen molar-refractivity contribution in [3.63, 3.8) is 0 Å². The number of pyridine rings is 2. The van der Waals surface area contributed by atoms with Crippen molar-refractivity contribution in [2.45, 2.75) is 17.7 Å². The van der Waals surface area contributed by atoms with Crippen molar-refractivity contribution in [2.75, 3.05) is 25.0 Å². The molecule has 3 heterocycles. The lowest BCUT2D eigenvalue weighted by Crippen LogP contribution is -2.44. The molecule has 1 fully saturated rings. The summed E-state index contributed by atoms with van der Waals surface area (Å²) in [4.78, 5) is 21.0. The number of carbonyl (C=O) groups is 1. The van der Waals surface area contributed by atoms with Gasteiger partial charge in [-0.3, -0.25) is 9.69 Å². The Morgan fingerprint density at radius 2 is 1.96 bits per heavy atom. The van der Waals surface area contributed by atoms with Gasteiger partial charge in [0, 0.05) is 38.3 Å². The average Bonchev–Trinajstić information content (AvgIpc) is 2.67. The number of piperidine rings is 1.